The Kier molecular flexibility index (Phi) is 3.92. The van der Waals surface area contributed by atoms with Crippen molar-refractivity contribution in [2.24, 2.45) is 0 Å². The van der Waals surface area contributed by atoms with Crippen molar-refractivity contribution in [3.8, 4) is 0 Å². The first-order valence-electron chi connectivity index (χ1n) is 7.37. The molecule has 0 radical (unpaired) electrons. The molecule has 3 rings (SSSR count). The Morgan fingerprint density at radius 2 is 1.82 bits per heavy atom. The zero-order valence-electron chi connectivity index (χ0n) is 12.5. The molecule has 2 aromatic rings. The minimum Gasteiger partial charge on any atom is -0.307 e. The summed E-state index contributed by atoms with van der Waals surface area (Å²) in [5, 5.41) is 2.78. The van der Waals surface area contributed by atoms with Gasteiger partial charge in [-0.1, -0.05) is 48.0 Å². The van der Waals surface area contributed by atoms with Crippen molar-refractivity contribution in [1.29, 1.82) is 0 Å². The van der Waals surface area contributed by atoms with Gasteiger partial charge in [-0.15, -0.1) is 0 Å². The van der Waals surface area contributed by atoms with Gasteiger partial charge in [0.25, 0.3) is 0 Å². The second-order valence-electron chi connectivity index (χ2n) is 5.61. The number of likely N-dealkylation sites (tertiary alicyclic amines) is 1. The molecule has 1 atom stereocenters. The number of urea groups is 1. The van der Waals surface area contributed by atoms with Crippen LogP contribution in [0, 0.1) is 6.92 Å². The van der Waals surface area contributed by atoms with Gasteiger partial charge >= 0.3 is 6.03 Å². The lowest BCUT2D eigenvalue weighted by molar-refractivity contribution is -0.140. The molecule has 3 amide bonds. The summed E-state index contributed by atoms with van der Waals surface area (Å²) in [5.74, 6) is -0.120. The highest BCUT2D eigenvalue weighted by atomic mass is 16.2. The predicted octanol–water partition coefficient (Wildman–Crippen LogP) is 3.37. The average molecular weight is 294 g/mol. The Morgan fingerprint density at radius 1 is 1.14 bits per heavy atom. The molecule has 2 aromatic carbocycles. The van der Waals surface area contributed by atoms with E-state index in [9.17, 15) is 9.59 Å². The molecule has 1 aliphatic rings. The Balaban J connectivity index is 1.65. The zero-order valence-corrected chi connectivity index (χ0v) is 12.5. The maximum atomic E-state index is 12.3. The summed E-state index contributed by atoms with van der Waals surface area (Å²) in [7, 11) is 0. The normalized spacial score (nSPS) is 17.0. The number of amides is 3. The number of nitrogens with one attached hydrogen (secondary N) is 1. The summed E-state index contributed by atoms with van der Waals surface area (Å²) >= 11 is 0. The van der Waals surface area contributed by atoms with Gasteiger partial charge < -0.3 is 5.32 Å². The first kappa shape index (κ1) is 14.3. The van der Waals surface area contributed by atoms with Crippen molar-refractivity contribution in [3.63, 3.8) is 0 Å². The molecule has 1 N–H and O–H groups in total. The molecule has 1 fully saturated rings. The predicted molar refractivity (Wildman–Crippen MR) is 85.6 cm³/mol. The highest BCUT2D eigenvalue weighted by Gasteiger charge is 2.40. The van der Waals surface area contributed by atoms with Crippen LogP contribution in [0.3, 0.4) is 0 Å². The zero-order chi connectivity index (χ0) is 15.5. The standard InChI is InChI=1S/C18H18N2O2/c1-13-7-9-15(10-8-13)19-18(22)20-16(12-17(20)21)11-14-5-3-2-4-6-14/h2-10,16H,11-12H2,1H3,(H,19,22)/t16-/m1/s1. The minimum absolute atomic E-state index is 0.0552. The maximum absolute atomic E-state index is 12.3. The third-order valence-electron chi connectivity index (χ3n) is 3.88. The van der Waals surface area contributed by atoms with Crippen LogP contribution in [-0.2, 0) is 11.2 Å². The van der Waals surface area contributed by atoms with E-state index < -0.39 is 0 Å². The molecule has 112 valence electrons. The van der Waals surface area contributed by atoms with E-state index in [2.05, 4.69) is 5.32 Å². The molecule has 1 saturated heterocycles. The third-order valence-corrected chi connectivity index (χ3v) is 3.88. The number of β-lactam (4-membered cyclic amide) rings is 1. The number of carbonyl (C=O) groups is 2. The van der Waals surface area contributed by atoms with E-state index >= 15 is 0 Å². The summed E-state index contributed by atoms with van der Waals surface area (Å²) in [4.78, 5) is 25.4. The van der Waals surface area contributed by atoms with Crippen LogP contribution in [0.1, 0.15) is 17.5 Å². The summed E-state index contributed by atoms with van der Waals surface area (Å²) in [5.41, 5.74) is 2.96. The molecular weight excluding hydrogens is 276 g/mol. The SMILES string of the molecule is Cc1ccc(NC(=O)N2C(=O)C[C@H]2Cc2ccccc2)cc1. The summed E-state index contributed by atoms with van der Waals surface area (Å²) in [6.07, 6.45) is 1.13. The van der Waals surface area contributed by atoms with Crippen LogP contribution in [-0.4, -0.2) is 22.9 Å². The van der Waals surface area contributed by atoms with E-state index in [1.165, 1.54) is 4.90 Å². The van der Waals surface area contributed by atoms with Crippen molar-refractivity contribution in [2.75, 3.05) is 5.32 Å². The second-order valence-corrected chi connectivity index (χ2v) is 5.61. The second kappa shape index (κ2) is 6.02. The minimum atomic E-state index is -0.346. The number of anilines is 1. The van der Waals surface area contributed by atoms with Crippen molar-refractivity contribution in [1.82, 2.24) is 4.90 Å². The average Bonchev–Trinajstić information content (AvgIpc) is 2.50. The largest absolute Gasteiger partial charge is 0.328 e. The number of hydrogen-bond donors (Lipinski definition) is 1. The number of hydrogen-bond acceptors (Lipinski definition) is 2. The lowest BCUT2D eigenvalue weighted by Crippen LogP contribution is -2.57. The van der Waals surface area contributed by atoms with Gasteiger partial charge in [-0.05, 0) is 31.0 Å². The van der Waals surface area contributed by atoms with Crippen LogP contribution in [0.25, 0.3) is 0 Å². The third kappa shape index (κ3) is 3.01. The quantitative estimate of drug-likeness (QED) is 0.882. The van der Waals surface area contributed by atoms with Gasteiger partial charge in [0.05, 0.1) is 6.04 Å². The molecular formula is C18H18N2O2. The molecule has 0 aromatic heterocycles. The fraction of sp³-hybridized carbons (Fsp3) is 0.222. The molecule has 0 unspecified atom stereocenters. The maximum Gasteiger partial charge on any atom is 0.328 e. The van der Waals surface area contributed by atoms with Crippen molar-refractivity contribution in [2.45, 2.75) is 25.8 Å². The smallest absolute Gasteiger partial charge is 0.307 e. The highest BCUT2D eigenvalue weighted by molar-refractivity contribution is 6.05. The number of imide groups is 1. The van der Waals surface area contributed by atoms with E-state index in [-0.39, 0.29) is 18.0 Å². The Morgan fingerprint density at radius 3 is 2.45 bits per heavy atom. The molecule has 1 heterocycles. The number of carbonyl (C=O) groups excluding carboxylic acids is 2. The van der Waals surface area contributed by atoms with Gasteiger partial charge in [0.2, 0.25) is 5.91 Å². The first-order valence-corrected chi connectivity index (χ1v) is 7.37. The van der Waals surface area contributed by atoms with Crippen LogP contribution in [0.5, 0.6) is 0 Å². The van der Waals surface area contributed by atoms with Crippen LogP contribution in [0.2, 0.25) is 0 Å². The molecule has 22 heavy (non-hydrogen) atoms. The van der Waals surface area contributed by atoms with E-state index in [1.54, 1.807) is 0 Å². The molecule has 4 heteroatoms. The monoisotopic (exact) mass is 294 g/mol. The number of nitrogens with zero attached hydrogens (tertiary/aromatic N) is 1. The fourth-order valence-corrected chi connectivity index (χ4v) is 2.63. The van der Waals surface area contributed by atoms with Gasteiger partial charge in [0.15, 0.2) is 0 Å². The Hall–Kier alpha value is -2.62. The van der Waals surface area contributed by atoms with E-state index in [0.29, 0.717) is 18.5 Å². The van der Waals surface area contributed by atoms with Crippen molar-refractivity contribution < 1.29 is 9.59 Å². The van der Waals surface area contributed by atoms with Gasteiger partial charge in [0, 0.05) is 12.1 Å². The molecule has 1 aliphatic heterocycles. The van der Waals surface area contributed by atoms with Crippen LogP contribution in [0.15, 0.2) is 54.6 Å². The molecule has 4 nitrogen and oxygen atoms in total. The summed E-state index contributed by atoms with van der Waals surface area (Å²) < 4.78 is 0. The van der Waals surface area contributed by atoms with E-state index in [0.717, 1.165) is 11.1 Å². The topological polar surface area (TPSA) is 49.4 Å². The highest BCUT2D eigenvalue weighted by Crippen LogP contribution is 2.24. The lowest BCUT2D eigenvalue weighted by atomic mass is 9.95. The lowest BCUT2D eigenvalue weighted by Gasteiger charge is -2.38. The summed E-state index contributed by atoms with van der Waals surface area (Å²) in [6, 6.07) is 17.0. The van der Waals surface area contributed by atoms with Crippen molar-refractivity contribution in [3.05, 3.63) is 65.7 Å². The molecule has 0 aliphatic carbocycles. The Labute approximate surface area is 129 Å². The number of benzene rings is 2. The molecule has 0 saturated carbocycles. The van der Waals surface area contributed by atoms with E-state index in [1.807, 2.05) is 61.5 Å². The molecule has 0 spiro atoms. The van der Waals surface area contributed by atoms with Gasteiger partial charge in [-0.25, -0.2) is 4.79 Å². The first-order chi connectivity index (χ1) is 10.6. The van der Waals surface area contributed by atoms with Crippen molar-refractivity contribution >= 4 is 17.6 Å². The molecule has 0 bridgehead atoms. The van der Waals surface area contributed by atoms with Crippen LogP contribution in [0.4, 0.5) is 10.5 Å². The van der Waals surface area contributed by atoms with Gasteiger partial charge in [0.1, 0.15) is 0 Å². The van der Waals surface area contributed by atoms with Gasteiger partial charge in [-0.3, -0.25) is 9.69 Å². The number of aryl methyl sites for hydroxylation is 1. The van der Waals surface area contributed by atoms with Crippen LogP contribution < -0.4 is 5.32 Å². The number of rotatable bonds is 3. The summed E-state index contributed by atoms with van der Waals surface area (Å²) in [6.45, 7) is 1.99. The fourth-order valence-electron chi connectivity index (χ4n) is 2.63. The van der Waals surface area contributed by atoms with E-state index in [4.69, 9.17) is 0 Å². The van der Waals surface area contributed by atoms with Gasteiger partial charge in [-0.2, -0.15) is 0 Å². The Bertz CT molecular complexity index is 680. The van der Waals surface area contributed by atoms with Crippen LogP contribution >= 0.6 is 0 Å².